The van der Waals surface area contributed by atoms with Crippen molar-refractivity contribution in [3.8, 4) is 17.2 Å². The third-order valence-corrected chi connectivity index (χ3v) is 5.28. The normalized spacial score (nSPS) is 13.3. The molecule has 0 saturated heterocycles. The zero-order valence-electron chi connectivity index (χ0n) is 15.8. The van der Waals surface area contributed by atoms with E-state index in [0.29, 0.717) is 35.8 Å². The highest BCUT2D eigenvalue weighted by molar-refractivity contribution is 9.12. The number of benzene rings is 2. The maximum atomic E-state index is 12.9. The molecule has 0 radical (unpaired) electrons. The van der Waals surface area contributed by atoms with E-state index in [4.69, 9.17) is 14.2 Å². The van der Waals surface area contributed by atoms with Gasteiger partial charge < -0.3 is 19.5 Å². The number of hydrogen-bond donors (Lipinski definition) is 1. The van der Waals surface area contributed by atoms with Gasteiger partial charge in [0.05, 0.1) is 31.4 Å². The molecular formula is C21H20BrNO5. The fourth-order valence-electron chi connectivity index (χ4n) is 3.11. The molecule has 0 atom stereocenters. The minimum Gasteiger partial charge on any atom is -0.496 e. The van der Waals surface area contributed by atoms with Crippen LogP contribution in [0.2, 0.25) is 0 Å². The van der Waals surface area contributed by atoms with Crippen LogP contribution in [-0.2, 0) is 6.42 Å². The van der Waals surface area contributed by atoms with E-state index in [1.165, 1.54) is 7.11 Å². The van der Waals surface area contributed by atoms with Crippen LogP contribution in [0.1, 0.15) is 26.3 Å². The van der Waals surface area contributed by atoms with Gasteiger partial charge in [-0.2, -0.15) is 0 Å². The Morgan fingerprint density at radius 3 is 2.29 bits per heavy atom. The van der Waals surface area contributed by atoms with Crippen LogP contribution in [0.15, 0.2) is 46.6 Å². The topological polar surface area (TPSA) is 73.9 Å². The summed E-state index contributed by atoms with van der Waals surface area (Å²) in [6, 6.07) is 10.6. The fourth-order valence-corrected chi connectivity index (χ4v) is 3.63. The molecule has 3 rings (SSSR count). The van der Waals surface area contributed by atoms with Gasteiger partial charge in [-0.25, -0.2) is 0 Å². The highest BCUT2D eigenvalue weighted by Crippen LogP contribution is 2.34. The van der Waals surface area contributed by atoms with E-state index < -0.39 is 0 Å². The van der Waals surface area contributed by atoms with Gasteiger partial charge in [-0.15, -0.1) is 0 Å². The zero-order chi connectivity index (χ0) is 20.3. The molecule has 2 aromatic carbocycles. The van der Waals surface area contributed by atoms with E-state index in [0.717, 1.165) is 5.56 Å². The van der Waals surface area contributed by atoms with E-state index in [1.807, 2.05) is 18.2 Å². The third kappa shape index (κ3) is 3.62. The monoisotopic (exact) mass is 445 g/mol. The zero-order valence-corrected chi connectivity index (χ0v) is 17.4. The molecule has 0 unspecified atom stereocenters. The summed E-state index contributed by atoms with van der Waals surface area (Å²) in [6.07, 6.45) is 0.635. The second-order valence-electron chi connectivity index (χ2n) is 6.10. The lowest BCUT2D eigenvalue weighted by Crippen LogP contribution is -2.30. The number of rotatable bonds is 7. The SMILES string of the molecule is COc1ccc(CCNC2=C(Br)C(=O)c3c(OC)cccc3C2=O)cc1OC. The smallest absolute Gasteiger partial charge is 0.211 e. The molecule has 0 amide bonds. The van der Waals surface area contributed by atoms with Crippen LogP contribution in [0, 0.1) is 0 Å². The number of Topliss-reactive ketones (excluding diaryl/α,β-unsaturated/α-hetero) is 2. The van der Waals surface area contributed by atoms with Gasteiger partial charge in [0.15, 0.2) is 11.5 Å². The van der Waals surface area contributed by atoms with E-state index in [9.17, 15) is 9.59 Å². The molecule has 1 aliphatic rings. The molecule has 1 aliphatic carbocycles. The first kappa shape index (κ1) is 19.9. The summed E-state index contributed by atoms with van der Waals surface area (Å²) in [5.74, 6) is 1.17. The number of carbonyl (C=O) groups excluding carboxylic acids is 2. The molecule has 146 valence electrons. The molecule has 7 heteroatoms. The Morgan fingerprint density at radius 1 is 0.893 bits per heavy atom. The summed E-state index contributed by atoms with van der Waals surface area (Å²) in [5.41, 5.74) is 1.89. The largest absolute Gasteiger partial charge is 0.496 e. The van der Waals surface area contributed by atoms with Crippen molar-refractivity contribution in [3.63, 3.8) is 0 Å². The third-order valence-electron chi connectivity index (χ3n) is 4.53. The number of ether oxygens (including phenoxy) is 3. The molecular weight excluding hydrogens is 426 g/mol. The van der Waals surface area contributed by atoms with E-state index in [1.54, 1.807) is 32.4 Å². The van der Waals surface area contributed by atoms with Gasteiger partial charge in [0.1, 0.15) is 11.4 Å². The molecule has 0 aliphatic heterocycles. The molecule has 2 aromatic rings. The predicted octanol–water partition coefficient (Wildman–Crippen LogP) is 3.53. The van der Waals surface area contributed by atoms with Crippen LogP contribution in [0.3, 0.4) is 0 Å². The molecule has 0 fully saturated rings. The average molecular weight is 446 g/mol. The van der Waals surface area contributed by atoms with Crippen molar-refractivity contribution in [3.05, 3.63) is 63.3 Å². The van der Waals surface area contributed by atoms with Gasteiger partial charge in [-0.05, 0) is 52.2 Å². The van der Waals surface area contributed by atoms with Gasteiger partial charge >= 0.3 is 0 Å². The first-order chi connectivity index (χ1) is 13.5. The van der Waals surface area contributed by atoms with Crippen LogP contribution in [0.5, 0.6) is 17.2 Å². The van der Waals surface area contributed by atoms with E-state index in [2.05, 4.69) is 21.2 Å². The van der Waals surface area contributed by atoms with Crippen molar-refractivity contribution in [2.75, 3.05) is 27.9 Å². The molecule has 0 spiro atoms. The highest BCUT2D eigenvalue weighted by atomic mass is 79.9. The summed E-state index contributed by atoms with van der Waals surface area (Å²) in [6.45, 7) is 0.470. The number of hydrogen-bond acceptors (Lipinski definition) is 6. The van der Waals surface area contributed by atoms with Gasteiger partial charge in [0, 0.05) is 12.1 Å². The number of methoxy groups -OCH3 is 3. The Kier molecular flexibility index (Phi) is 6.04. The van der Waals surface area contributed by atoms with Gasteiger partial charge in [-0.1, -0.05) is 12.1 Å². The van der Waals surface area contributed by atoms with Crippen LogP contribution in [0.4, 0.5) is 0 Å². The lowest BCUT2D eigenvalue weighted by molar-refractivity contribution is 0.0973. The van der Waals surface area contributed by atoms with Crippen molar-refractivity contribution in [1.29, 1.82) is 0 Å². The number of ketones is 2. The minimum atomic E-state index is -0.277. The molecule has 0 saturated carbocycles. The summed E-state index contributed by atoms with van der Waals surface area (Å²) in [4.78, 5) is 25.6. The number of allylic oxidation sites excluding steroid dienone is 2. The first-order valence-corrected chi connectivity index (χ1v) is 9.42. The van der Waals surface area contributed by atoms with E-state index in [-0.39, 0.29) is 27.3 Å². The quantitative estimate of drug-likeness (QED) is 0.702. The van der Waals surface area contributed by atoms with Gasteiger partial charge in [0.25, 0.3) is 0 Å². The van der Waals surface area contributed by atoms with Gasteiger partial charge in [0.2, 0.25) is 11.6 Å². The van der Waals surface area contributed by atoms with Crippen molar-refractivity contribution in [2.24, 2.45) is 0 Å². The fraction of sp³-hybridized carbons (Fsp3) is 0.238. The molecule has 6 nitrogen and oxygen atoms in total. The van der Waals surface area contributed by atoms with E-state index >= 15 is 0 Å². The average Bonchev–Trinajstić information content (AvgIpc) is 2.73. The Bertz CT molecular complexity index is 967. The Hall–Kier alpha value is -2.80. The minimum absolute atomic E-state index is 0.210. The first-order valence-electron chi connectivity index (χ1n) is 8.62. The number of nitrogens with one attached hydrogen (secondary N) is 1. The summed E-state index contributed by atoms with van der Waals surface area (Å²) in [5, 5.41) is 3.09. The summed E-state index contributed by atoms with van der Waals surface area (Å²) in [7, 11) is 4.64. The number of halogens is 1. The molecule has 0 aromatic heterocycles. The number of fused-ring (bicyclic) bond motifs is 1. The van der Waals surface area contributed by atoms with Crippen molar-refractivity contribution in [1.82, 2.24) is 5.32 Å². The predicted molar refractivity (Wildman–Crippen MR) is 109 cm³/mol. The van der Waals surface area contributed by atoms with Crippen molar-refractivity contribution < 1.29 is 23.8 Å². The maximum absolute atomic E-state index is 12.9. The van der Waals surface area contributed by atoms with Crippen LogP contribution < -0.4 is 19.5 Å². The molecule has 0 bridgehead atoms. The maximum Gasteiger partial charge on any atom is 0.211 e. The molecule has 0 heterocycles. The van der Waals surface area contributed by atoms with Gasteiger partial charge in [-0.3, -0.25) is 9.59 Å². The standard InChI is InChI=1S/C21H20BrNO5/c1-26-14-8-7-12(11-16(14)28-3)9-10-23-19-18(22)21(25)17-13(20(19)24)5-4-6-15(17)27-2/h4-8,11,23H,9-10H2,1-3H3. The summed E-state index contributed by atoms with van der Waals surface area (Å²) < 4.78 is 16.0. The molecule has 1 N–H and O–H groups in total. The van der Waals surface area contributed by atoms with Crippen LogP contribution in [-0.4, -0.2) is 39.4 Å². The lowest BCUT2D eigenvalue weighted by Gasteiger charge is -2.21. The number of carbonyl (C=O) groups is 2. The van der Waals surface area contributed by atoms with Crippen LogP contribution in [0.25, 0.3) is 0 Å². The lowest BCUT2D eigenvalue weighted by atomic mass is 9.91. The molecule has 28 heavy (non-hydrogen) atoms. The Balaban J connectivity index is 1.77. The van der Waals surface area contributed by atoms with Crippen molar-refractivity contribution >= 4 is 27.5 Å². The second kappa shape index (κ2) is 8.48. The van der Waals surface area contributed by atoms with Crippen molar-refractivity contribution in [2.45, 2.75) is 6.42 Å². The van der Waals surface area contributed by atoms with Crippen LogP contribution >= 0.6 is 15.9 Å². The summed E-state index contributed by atoms with van der Waals surface area (Å²) >= 11 is 3.28. The highest BCUT2D eigenvalue weighted by Gasteiger charge is 2.33. The Morgan fingerprint density at radius 2 is 1.61 bits per heavy atom. The Labute approximate surface area is 171 Å². The second-order valence-corrected chi connectivity index (χ2v) is 6.89.